The molecule has 35 heavy (non-hydrogen) atoms. The number of nitrogens with one attached hydrogen (secondary N) is 1. The molecule has 0 radical (unpaired) electrons. The van der Waals surface area contributed by atoms with Gasteiger partial charge in [0.2, 0.25) is 5.91 Å². The fourth-order valence-corrected chi connectivity index (χ4v) is 5.38. The minimum atomic E-state index is -0.903. The molecular weight excluding hydrogens is 444 g/mol. The lowest BCUT2D eigenvalue weighted by Crippen LogP contribution is -2.48. The van der Waals surface area contributed by atoms with E-state index in [9.17, 15) is 19.5 Å². The van der Waals surface area contributed by atoms with Gasteiger partial charge in [-0.15, -0.1) is 0 Å². The Morgan fingerprint density at radius 3 is 2.23 bits per heavy atom. The van der Waals surface area contributed by atoms with Gasteiger partial charge in [-0.2, -0.15) is 0 Å². The van der Waals surface area contributed by atoms with Crippen LogP contribution < -0.4 is 5.32 Å². The average Bonchev–Trinajstić information content (AvgIpc) is 3.34. The van der Waals surface area contributed by atoms with E-state index < -0.39 is 29.4 Å². The van der Waals surface area contributed by atoms with Crippen molar-refractivity contribution in [2.45, 2.75) is 52.0 Å². The second-order valence-corrected chi connectivity index (χ2v) is 10.3. The molecule has 2 aromatic carbocycles. The summed E-state index contributed by atoms with van der Waals surface area (Å²) < 4.78 is 5.65. The van der Waals surface area contributed by atoms with Crippen molar-refractivity contribution in [3.8, 4) is 11.1 Å². The van der Waals surface area contributed by atoms with Crippen molar-refractivity contribution in [2.75, 3.05) is 19.7 Å². The topological polar surface area (TPSA) is 95.9 Å². The number of fused-ring (bicyclic) bond motifs is 3. The summed E-state index contributed by atoms with van der Waals surface area (Å²) in [6.45, 7) is 6.41. The van der Waals surface area contributed by atoms with Crippen LogP contribution in [-0.4, -0.2) is 53.7 Å². The number of aliphatic carboxylic acids is 1. The molecule has 2 aliphatic rings. The van der Waals surface area contributed by atoms with E-state index in [1.54, 1.807) is 4.90 Å². The van der Waals surface area contributed by atoms with Crippen molar-refractivity contribution in [3.63, 3.8) is 0 Å². The number of nitrogens with zero attached hydrogens (tertiary/aromatic N) is 1. The van der Waals surface area contributed by atoms with Gasteiger partial charge in [-0.05, 0) is 34.1 Å². The summed E-state index contributed by atoms with van der Waals surface area (Å²) in [5.41, 5.74) is 4.02. The molecule has 1 fully saturated rings. The van der Waals surface area contributed by atoms with Gasteiger partial charge in [0.15, 0.2) is 0 Å². The van der Waals surface area contributed by atoms with Crippen LogP contribution >= 0.6 is 0 Å². The number of benzene rings is 2. The summed E-state index contributed by atoms with van der Waals surface area (Å²) in [4.78, 5) is 39.3. The molecule has 2 atom stereocenters. The lowest BCUT2D eigenvalue weighted by Gasteiger charge is -2.25. The highest BCUT2D eigenvalue weighted by atomic mass is 16.5. The minimum Gasteiger partial charge on any atom is -0.481 e. The first kappa shape index (κ1) is 24.8. The van der Waals surface area contributed by atoms with Crippen LogP contribution in [0.1, 0.15) is 57.1 Å². The number of carboxylic acids is 1. The summed E-state index contributed by atoms with van der Waals surface area (Å²) in [7, 11) is 0. The number of hydrogen-bond acceptors (Lipinski definition) is 4. The summed E-state index contributed by atoms with van der Waals surface area (Å²) in [6.07, 6.45) is 1.49. The zero-order chi connectivity index (χ0) is 25.2. The summed E-state index contributed by atoms with van der Waals surface area (Å²) >= 11 is 0. The molecule has 7 nitrogen and oxygen atoms in total. The van der Waals surface area contributed by atoms with E-state index in [2.05, 4.69) is 29.6 Å². The Kier molecular flexibility index (Phi) is 7.15. The molecule has 1 heterocycles. The van der Waals surface area contributed by atoms with Crippen LogP contribution in [0.4, 0.5) is 4.79 Å². The predicted molar refractivity (Wildman–Crippen MR) is 133 cm³/mol. The van der Waals surface area contributed by atoms with Crippen LogP contribution in [0.3, 0.4) is 0 Å². The molecule has 2 aromatic rings. The maximum absolute atomic E-state index is 13.3. The molecule has 2 N–H and O–H groups in total. The molecule has 7 heteroatoms. The third-order valence-corrected chi connectivity index (χ3v) is 7.33. The molecule has 2 amide bonds. The van der Waals surface area contributed by atoms with Crippen LogP contribution in [0.25, 0.3) is 11.1 Å². The molecule has 1 saturated heterocycles. The molecule has 0 saturated carbocycles. The highest BCUT2D eigenvalue weighted by Gasteiger charge is 2.46. The Labute approximate surface area is 206 Å². The molecule has 0 aromatic heterocycles. The Bertz CT molecular complexity index is 1070. The van der Waals surface area contributed by atoms with Crippen molar-refractivity contribution in [2.24, 2.45) is 11.3 Å². The molecule has 1 aliphatic carbocycles. The van der Waals surface area contributed by atoms with E-state index in [4.69, 9.17) is 4.74 Å². The molecule has 0 spiro atoms. The molecule has 4 rings (SSSR count). The maximum Gasteiger partial charge on any atom is 0.407 e. The number of carboxylic acid groups (broad SMARTS) is 1. The molecule has 2 unspecified atom stereocenters. The lowest BCUT2D eigenvalue weighted by atomic mass is 9.82. The second kappa shape index (κ2) is 10.1. The largest absolute Gasteiger partial charge is 0.481 e. The van der Waals surface area contributed by atoms with Crippen molar-refractivity contribution >= 4 is 18.0 Å². The lowest BCUT2D eigenvalue weighted by molar-refractivity contribution is -0.144. The SMILES string of the molecule is CCCCC(NC(=O)OCC1c2ccccc2-c2ccccc21)C(=O)N1CC(C(=O)O)C(C)(C)C1. The summed E-state index contributed by atoms with van der Waals surface area (Å²) in [6, 6.07) is 15.5. The highest BCUT2D eigenvalue weighted by molar-refractivity contribution is 5.87. The van der Waals surface area contributed by atoms with Gasteiger partial charge in [-0.25, -0.2) is 4.79 Å². The number of ether oxygens (including phenoxy) is 1. The third-order valence-electron chi connectivity index (χ3n) is 7.33. The second-order valence-electron chi connectivity index (χ2n) is 10.3. The van der Waals surface area contributed by atoms with Crippen LogP contribution in [0.5, 0.6) is 0 Å². The molecule has 1 aliphatic heterocycles. The van der Waals surface area contributed by atoms with Crippen LogP contribution in [0.2, 0.25) is 0 Å². The van der Waals surface area contributed by atoms with Crippen molar-refractivity contribution in [1.82, 2.24) is 10.2 Å². The van der Waals surface area contributed by atoms with E-state index in [1.807, 2.05) is 45.0 Å². The Balaban J connectivity index is 1.42. The van der Waals surface area contributed by atoms with Crippen molar-refractivity contribution < 1.29 is 24.2 Å². The highest BCUT2D eigenvalue weighted by Crippen LogP contribution is 2.44. The van der Waals surface area contributed by atoms with E-state index in [0.29, 0.717) is 13.0 Å². The van der Waals surface area contributed by atoms with Crippen LogP contribution in [0, 0.1) is 11.3 Å². The van der Waals surface area contributed by atoms with E-state index in [1.165, 1.54) is 0 Å². The number of hydrogen-bond donors (Lipinski definition) is 2. The standard InChI is InChI=1S/C28H34N2O5/c1-4-5-14-24(25(31)30-15-23(26(32)33)28(2,3)17-30)29-27(34)35-16-22-20-12-8-6-10-18(20)19-11-7-9-13-21(19)22/h6-13,22-24H,4-5,14-17H2,1-3H3,(H,29,34)(H,32,33). The Morgan fingerprint density at radius 1 is 1.09 bits per heavy atom. The number of carbonyl (C=O) groups is 3. The van der Waals surface area contributed by atoms with Gasteiger partial charge in [-0.1, -0.05) is 82.1 Å². The predicted octanol–water partition coefficient (Wildman–Crippen LogP) is 4.65. The van der Waals surface area contributed by atoms with E-state index in [-0.39, 0.29) is 25.0 Å². The molecule has 186 valence electrons. The first-order valence-electron chi connectivity index (χ1n) is 12.4. The average molecular weight is 479 g/mol. The van der Waals surface area contributed by atoms with Gasteiger partial charge in [0, 0.05) is 19.0 Å². The van der Waals surface area contributed by atoms with Crippen molar-refractivity contribution in [1.29, 1.82) is 0 Å². The van der Waals surface area contributed by atoms with Gasteiger partial charge in [0.05, 0.1) is 5.92 Å². The first-order valence-corrected chi connectivity index (χ1v) is 12.4. The normalized spacial score (nSPS) is 19.1. The summed E-state index contributed by atoms with van der Waals surface area (Å²) in [5.74, 6) is -1.84. The fourth-order valence-electron chi connectivity index (χ4n) is 5.38. The number of unbranched alkanes of at least 4 members (excludes halogenated alkanes) is 1. The van der Waals surface area contributed by atoms with Crippen LogP contribution in [-0.2, 0) is 14.3 Å². The van der Waals surface area contributed by atoms with Gasteiger partial charge >= 0.3 is 12.1 Å². The van der Waals surface area contributed by atoms with Gasteiger partial charge in [0.25, 0.3) is 0 Å². The maximum atomic E-state index is 13.3. The van der Waals surface area contributed by atoms with Gasteiger partial charge in [-0.3, -0.25) is 9.59 Å². The Hall–Kier alpha value is -3.35. The van der Waals surface area contributed by atoms with Gasteiger partial charge in [0.1, 0.15) is 12.6 Å². The van der Waals surface area contributed by atoms with Gasteiger partial charge < -0.3 is 20.1 Å². The number of likely N-dealkylation sites (tertiary alicyclic amines) is 1. The smallest absolute Gasteiger partial charge is 0.407 e. The first-order chi connectivity index (χ1) is 16.7. The number of amides is 2. The monoisotopic (exact) mass is 478 g/mol. The molecule has 0 bridgehead atoms. The zero-order valence-corrected chi connectivity index (χ0v) is 20.6. The van der Waals surface area contributed by atoms with Crippen molar-refractivity contribution in [3.05, 3.63) is 59.7 Å². The number of carbonyl (C=O) groups excluding carboxylic acids is 2. The van der Waals surface area contributed by atoms with E-state index >= 15 is 0 Å². The van der Waals surface area contributed by atoms with E-state index in [0.717, 1.165) is 35.1 Å². The summed E-state index contributed by atoms with van der Waals surface area (Å²) in [5, 5.41) is 12.3. The molecular formula is C28H34N2O5. The van der Waals surface area contributed by atoms with Crippen LogP contribution in [0.15, 0.2) is 48.5 Å². The Morgan fingerprint density at radius 2 is 1.69 bits per heavy atom. The number of alkyl carbamates (subject to hydrolysis) is 1. The minimum absolute atomic E-state index is 0.0614. The fraction of sp³-hybridized carbons (Fsp3) is 0.464. The number of rotatable bonds is 8. The quantitative estimate of drug-likeness (QED) is 0.576. The zero-order valence-electron chi connectivity index (χ0n) is 20.6. The third kappa shape index (κ3) is 5.04.